The molecule has 0 aromatic rings. The van der Waals surface area contributed by atoms with Gasteiger partial charge >= 0.3 is 5.97 Å². The Morgan fingerprint density at radius 2 is 1.83 bits per heavy atom. The minimum absolute atomic E-state index is 0.0394. The zero-order valence-corrected chi connectivity index (χ0v) is 12.7. The molecule has 0 saturated heterocycles. The van der Waals surface area contributed by atoms with Crippen LogP contribution in [0.5, 0.6) is 0 Å². The van der Waals surface area contributed by atoms with E-state index in [9.17, 15) is 14.3 Å². The van der Waals surface area contributed by atoms with Crippen molar-refractivity contribution in [1.29, 1.82) is 0 Å². The summed E-state index contributed by atoms with van der Waals surface area (Å²) < 4.78 is 12.3. The molecule has 0 aromatic heterocycles. The van der Waals surface area contributed by atoms with E-state index in [1.807, 2.05) is 20.8 Å². The van der Waals surface area contributed by atoms with E-state index in [0.717, 1.165) is 19.3 Å². The second kappa shape index (κ2) is 7.75. The molecule has 1 atom stereocenters. The fourth-order valence-electron chi connectivity index (χ4n) is 1.90. The van der Waals surface area contributed by atoms with E-state index in [1.165, 1.54) is 6.92 Å². The largest absolute Gasteiger partial charge is 0.478 e. The number of hydrogen-bond acceptors (Lipinski definition) is 2. The number of carboxylic acids is 1. The van der Waals surface area contributed by atoms with Crippen LogP contribution in [0.2, 0.25) is 0 Å². The van der Waals surface area contributed by atoms with E-state index in [-0.39, 0.29) is 23.0 Å². The van der Waals surface area contributed by atoms with Gasteiger partial charge in [-0.25, -0.2) is 4.79 Å². The van der Waals surface area contributed by atoms with Crippen LogP contribution in [-0.4, -0.2) is 22.1 Å². The van der Waals surface area contributed by atoms with Gasteiger partial charge in [0.15, 0.2) is 0 Å². The highest BCUT2D eigenvalue weighted by Crippen LogP contribution is 2.54. The Morgan fingerprint density at radius 3 is 2.22 bits per heavy atom. The Labute approximate surface area is 110 Å². The summed E-state index contributed by atoms with van der Waals surface area (Å²) in [4.78, 5) is 21.1. The lowest BCUT2D eigenvalue weighted by molar-refractivity contribution is -0.132. The average Bonchev–Trinajstić information content (AvgIpc) is 2.21. The maximum absolute atomic E-state index is 12.3. The molecule has 0 amide bonds. The van der Waals surface area contributed by atoms with Crippen LogP contribution in [0.1, 0.15) is 53.4 Å². The Kier molecular flexibility index (Phi) is 7.49. The lowest BCUT2D eigenvalue weighted by atomic mass is 10.1. The molecule has 18 heavy (non-hydrogen) atoms. The lowest BCUT2D eigenvalue weighted by Crippen LogP contribution is -2.06. The second-order valence-electron chi connectivity index (χ2n) is 5.11. The quantitative estimate of drug-likeness (QED) is 0.401. The highest BCUT2D eigenvalue weighted by Gasteiger charge is 2.28. The predicted octanol–water partition coefficient (Wildman–Crippen LogP) is 3.85. The van der Waals surface area contributed by atoms with Crippen LogP contribution in [0, 0.1) is 5.92 Å². The first-order valence-electron chi connectivity index (χ1n) is 6.47. The van der Waals surface area contributed by atoms with Gasteiger partial charge in [0.2, 0.25) is 7.37 Å². The van der Waals surface area contributed by atoms with Gasteiger partial charge in [0.05, 0.1) is 0 Å². The Bertz CT molecular complexity index is 358. The molecule has 0 bridgehead atoms. The molecule has 0 saturated carbocycles. The third-order valence-corrected chi connectivity index (χ3v) is 5.43. The van der Waals surface area contributed by atoms with Crippen LogP contribution in [0.15, 0.2) is 10.9 Å². The molecule has 106 valence electrons. The molecule has 0 rings (SSSR count). The molecule has 1 unspecified atom stereocenters. The monoisotopic (exact) mass is 276 g/mol. The van der Waals surface area contributed by atoms with E-state index in [0.29, 0.717) is 6.42 Å². The zero-order valence-electron chi connectivity index (χ0n) is 11.8. The molecular formula is C13H25O4P. The number of allylic oxidation sites excluding steroid dienone is 1. The maximum atomic E-state index is 12.3. The van der Waals surface area contributed by atoms with Crippen molar-refractivity contribution in [3.05, 3.63) is 10.9 Å². The van der Waals surface area contributed by atoms with Crippen LogP contribution in [-0.2, 0) is 9.36 Å². The fourth-order valence-corrected chi connectivity index (χ4v) is 4.23. The zero-order chi connectivity index (χ0) is 14.3. The first kappa shape index (κ1) is 17.4. The predicted molar refractivity (Wildman–Crippen MR) is 74.0 cm³/mol. The summed E-state index contributed by atoms with van der Waals surface area (Å²) in [6.45, 7) is 7.19. The summed E-state index contributed by atoms with van der Waals surface area (Å²) in [5, 5.41) is 9.26. The van der Waals surface area contributed by atoms with E-state index in [2.05, 4.69) is 0 Å². The lowest BCUT2D eigenvalue weighted by Gasteiger charge is -2.19. The van der Waals surface area contributed by atoms with Crippen molar-refractivity contribution in [2.45, 2.75) is 53.4 Å². The molecular weight excluding hydrogens is 251 g/mol. The van der Waals surface area contributed by atoms with Crippen molar-refractivity contribution in [1.82, 2.24) is 0 Å². The van der Waals surface area contributed by atoms with Gasteiger partial charge in [-0.05, 0) is 25.7 Å². The van der Waals surface area contributed by atoms with Crippen molar-refractivity contribution in [3.63, 3.8) is 0 Å². The molecule has 0 heterocycles. The highest BCUT2D eigenvalue weighted by atomic mass is 31.2. The summed E-state index contributed by atoms with van der Waals surface area (Å²) in [5.74, 6) is -1.02. The number of unbranched alkanes of at least 4 members (excludes halogenated alkanes) is 2. The number of aliphatic carboxylic acids is 1. The standard InChI is InChI=1S/C13H25O4P/c1-5-6-7-8-12(11(4)13(14)15)18(16,17)9-10(2)3/h10H,5-9H2,1-4H3,(H,14,15)(H,16,17). The van der Waals surface area contributed by atoms with Crippen molar-refractivity contribution in [2.75, 3.05) is 6.16 Å². The minimum Gasteiger partial charge on any atom is -0.478 e. The van der Waals surface area contributed by atoms with Crippen LogP contribution in [0.25, 0.3) is 0 Å². The Hall–Kier alpha value is -0.600. The van der Waals surface area contributed by atoms with Crippen LogP contribution in [0.4, 0.5) is 0 Å². The van der Waals surface area contributed by atoms with Gasteiger partial charge in [0.25, 0.3) is 0 Å². The number of carbonyl (C=O) groups is 1. The number of hydrogen-bond donors (Lipinski definition) is 2. The summed E-state index contributed by atoms with van der Waals surface area (Å²) >= 11 is 0. The van der Waals surface area contributed by atoms with E-state index in [1.54, 1.807) is 0 Å². The molecule has 0 aliphatic carbocycles. The first-order valence-corrected chi connectivity index (χ1v) is 8.32. The first-order chi connectivity index (χ1) is 8.22. The van der Waals surface area contributed by atoms with Crippen molar-refractivity contribution >= 4 is 13.3 Å². The summed E-state index contributed by atoms with van der Waals surface area (Å²) in [7, 11) is -3.51. The topological polar surface area (TPSA) is 74.6 Å². The molecule has 5 heteroatoms. The van der Waals surface area contributed by atoms with Crippen molar-refractivity contribution in [2.24, 2.45) is 5.92 Å². The smallest absolute Gasteiger partial charge is 0.331 e. The Balaban J connectivity index is 5.15. The fraction of sp³-hybridized carbons (Fsp3) is 0.769. The minimum atomic E-state index is -3.51. The third kappa shape index (κ3) is 5.83. The van der Waals surface area contributed by atoms with E-state index >= 15 is 0 Å². The molecule has 0 aliphatic rings. The molecule has 0 aromatic carbocycles. The molecule has 2 N–H and O–H groups in total. The van der Waals surface area contributed by atoms with Crippen LogP contribution < -0.4 is 0 Å². The third-order valence-electron chi connectivity index (χ3n) is 2.81. The van der Waals surface area contributed by atoms with Crippen LogP contribution in [0.3, 0.4) is 0 Å². The molecule has 0 fully saturated rings. The van der Waals surface area contributed by atoms with Gasteiger partial charge in [-0.15, -0.1) is 0 Å². The molecule has 0 aliphatic heterocycles. The highest BCUT2D eigenvalue weighted by molar-refractivity contribution is 7.62. The summed E-state index contributed by atoms with van der Waals surface area (Å²) in [6.07, 6.45) is 3.27. The van der Waals surface area contributed by atoms with Gasteiger partial charge in [-0.2, -0.15) is 0 Å². The maximum Gasteiger partial charge on any atom is 0.331 e. The average molecular weight is 276 g/mol. The second-order valence-corrected chi connectivity index (χ2v) is 7.42. The van der Waals surface area contributed by atoms with Crippen molar-refractivity contribution < 1.29 is 19.4 Å². The van der Waals surface area contributed by atoms with Gasteiger partial charge in [-0.3, -0.25) is 4.57 Å². The van der Waals surface area contributed by atoms with E-state index in [4.69, 9.17) is 5.11 Å². The number of carboxylic acid groups (broad SMARTS) is 1. The normalized spacial score (nSPS) is 16.3. The summed E-state index contributed by atoms with van der Waals surface area (Å²) in [6, 6.07) is 0. The summed E-state index contributed by atoms with van der Waals surface area (Å²) in [5.41, 5.74) is 0.0394. The van der Waals surface area contributed by atoms with Gasteiger partial charge in [-0.1, -0.05) is 33.6 Å². The van der Waals surface area contributed by atoms with Gasteiger partial charge in [0.1, 0.15) is 0 Å². The Morgan fingerprint density at radius 1 is 1.28 bits per heavy atom. The SMILES string of the molecule is CCCCCC(=C(C)C(=O)O)P(=O)(O)CC(C)C. The van der Waals surface area contributed by atoms with Crippen LogP contribution >= 0.6 is 7.37 Å². The molecule has 0 spiro atoms. The van der Waals surface area contributed by atoms with E-state index < -0.39 is 13.3 Å². The molecule has 4 nitrogen and oxygen atoms in total. The molecule has 0 radical (unpaired) electrons. The number of rotatable bonds is 8. The van der Waals surface area contributed by atoms with Crippen molar-refractivity contribution in [3.8, 4) is 0 Å². The van der Waals surface area contributed by atoms with Gasteiger partial charge in [0, 0.05) is 17.0 Å². The van der Waals surface area contributed by atoms with Gasteiger partial charge < -0.3 is 10.00 Å².